The minimum absolute atomic E-state index is 0.0641. The van der Waals surface area contributed by atoms with Crippen LogP contribution >= 0.6 is 0 Å². The minimum Gasteiger partial charge on any atom is -0.336 e. The number of amides is 3. The van der Waals surface area contributed by atoms with Crippen molar-refractivity contribution in [2.45, 2.75) is 33.7 Å². The first-order valence-electron chi connectivity index (χ1n) is 13.8. The molecule has 0 unspecified atom stereocenters. The van der Waals surface area contributed by atoms with Gasteiger partial charge in [-0.3, -0.25) is 14.5 Å². The first-order valence-corrected chi connectivity index (χ1v) is 13.8. The maximum absolute atomic E-state index is 13.2. The number of imidazole rings is 1. The zero-order chi connectivity index (χ0) is 28.2. The number of hydrogen-bond acceptors (Lipinski definition) is 4. The summed E-state index contributed by atoms with van der Waals surface area (Å²) >= 11 is 0. The molecule has 3 heterocycles. The number of nitrogens with zero attached hydrogens (tertiary/aromatic N) is 4. The van der Waals surface area contributed by atoms with Crippen molar-refractivity contribution in [3.8, 4) is 11.1 Å². The number of pyridine rings is 1. The number of anilines is 1. The van der Waals surface area contributed by atoms with E-state index in [1.807, 2.05) is 53.6 Å². The molecule has 8 nitrogen and oxygen atoms in total. The summed E-state index contributed by atoms with van der Waals surface area (Å²) in [6.45, 7) is 10.7. The number of halogens is 1. The number of likely N-dealkylation sites (N-methyl/N-ethyl adjacent to an activating group) is 1. The first kappa shape index (κ1) is 27.3. The highest BCUT2D eigenvalue weighted by atomic mass is 19.1. The molecule has 0 saturated carbocycles. The Morgan fingerprint density at radius 3 is 2.30 bits per heavy atom. The van der Waals surface area contributed by atoms with Crippen molar-refractivity contribution < 1.29 is 14.0 Å². The zero-order valence-electron chi connectivity index (χ0n) is 23.2. The van der Waals surface area contributed by atoms with E-state index in [9.17, 15) is 14.0 Å². The summed E-state index contributed by atoms with van der Waals surface area (Å²) < 4.78 is 15.1. The van der Waals surface area contributed by atoms with Crippen LogP contribution < -0.4 is 10.6 Å². The standard InChI is InChI=1S/C31H35FN6O2/c1-4-27-29(35-31(40)33-19-22-6-12-26(32)13-7-22)38-20-25(18-21(3)28(38)34-27)23-8-10-24(11-9-23)30(39)37-16-14-36(5-2)15-17-37/h6-13,18,20H,4-5,14-17,19H2,1-3H3,(H2,33,35,40). The van der Waals surface area contributed by atoms with Crippen molar-refractivity contribution in [2.24, 2.45) is 0 Å². The maximum Gasteiger partial charge on any atom is 0.320 e. The second kappa shape index (κ2) is 11.9. The number of fused-ring (bicyclic) bond motifs is 1. The molecule has 1 fully saturated rings. The average Bonchev–Trinajstić information content (AvgIpc) is 3.34. The van der Waals surface area contributed by atoms with Gasteiger partial charge in [0.05, 0.1) is 5.69 Å². The molecule has 2 N–H and O–H groups in total. The van der Waals surface area contributed by atoms with E-state index in [4.69, 9.17) is 4.98 Å². The van der Waals surface area contributed by atoms with E-state index in [0.29, 0.717) is 17.8 Å². The molecule has 0 radical (unpaired) electrons. The van der Waals surface area contributed by atoms with E-state index < -0.39 is 0 Å². The third kappa shape index (κ3) is 5.84. The van der Waals surface area contributed by atoms with Crippen LogP contribution in [-0.4, -0.2) is 63.8 Å². The number of hydrogen-bond donors (Lipinski definition) is 2. The van der Waals surface area contributed by atoms with Crippen LogP contribution in [0.2, 0.25) is 0 Å². The van der Waals surface area contributed by atoms with Gasteiger partial charge in [-0.1, -0.05) is 38.1 Å². The number of aromatic nitrogens is 2. The molecule has 0 bridgehead atoms. The number of rotatable bonds is 7. The second-order valence-electron chi connectivity index (χ2n) is 10.1. The molecule has 0 atom stereocenters. The van der Waals surface area contributed by atoms with Gasteiger partial charge in [0.2, 0.25) is 0 Å². The lowest BCUT2D eigenvalue weighted by atomic mass is 10.0. The van der Waals surface area contributed by atoms with Crippen molar-refractivity contribution >= 4 is 23.4 Å². The number of nitrogens with one attached hydrogen (secondary N) is 2. The van der Waals surface area contributed by atoms with Crippen LogP contribution in [0.15, 0.2) is 60.8 Å². The number of carbonyl (C=O) groups is 2. The highest BCUT2D eigenvalue weighted by Gasteiger charge is 2.21. The predicted molar refractivity (Wildman–Crippen MR) is 155 cm³/mol. The summed E-state index contributed by atoms with van der Waals surface area (Å²) in [5.41, 5.74) is 5.93. The van der Waals surface area contributed by atoms with Gasteiger partial charge in [0.25, 0.3) is 5.91 Å². The summed E-state index contributed by atoms with van der Waals surface area (Å²) in [5.74, 6) is 0.357. The fraction of sp³-hybridized carbons (Fsp3) is 0.323. The Morgan fingerprint density at radius 2 is 1.65 bits per heavy atom. The molecule has 1 aliphatic heterocycles. The Labute approximate surface area is 233 Å². The van der Waals surface area contributed by atoms with Crippen molar-refractivity contribution in [1.82, 2.24) is 24.5 Å². The van der Waals surface area contributed by atoms with Gasteiger partial charge in [-0.05, 0) is 72.5 Å². The number of benzene rings is 2. The molecule has 208 valence electrons. The van der Waals surface area contributed by atoms with E-state index in [1.54, 1.807) is 12.1 Å². The molecule has 2 aromatic carbocycles. The molecule has 4 aromatic rings. The van der Waals surface area contributed by atoms with Gasteiger partial charge in [0.15, 0.2) is 0 Å². The number of piperazine rings is 1. The third-order valence-electron chi connectivity index (χ3n) is 7.48. The zero-order valence-corrected chi connectivity index (χ0v) is 23.2. The van der Waals surface area contributed by atoms with E-state index in [-0.39, 0.29) is 24.3 Å². The number of urea groups is 1. The Bertz CT molecular complexity index is 1510. The second-order valence-corrected chi connectivity index (χ2v) is 10.1. The molecule has 1 aliphatic rings. The predicted octanol–water partition coefficient (Wildman–Crippen LogP) is 5.11. The lowest BCUT2D eigenvalue weighted by Crippen LogP contribution is -2.48. The van der Waals surface area contributed by atoms with Gasteiger partial charge in [0.1, 0.15) is 17.3 Å². The van der Waals surface area contributed by atoms with Gasteiger partial charge in [0, 0.05) is 44.5 Å². The smallest absolute Gasteiger partial charge is 0.320 e. The van der Waals surface area contributed by atoms with Crippen molar-refractivity contribution in [3.63, 3.8) is 0 Å². The first-order chi connectivity index (χ1) is 19.4. The molecule has 9 heteroatoms. The Morgan fingerprint density at radius 1 is 0.950 bits per heavy atom. The van der Waals surface area contributed by atoms with Crippen LogP contribution in [0.5, 0.6) is 0 Å². The molecule has 5 rings (SSSR count). The molecular formula is C31H35FN6O2. The Balaban J connectivity index is 1.35. The summed E-state index contributed by atoms with van der Waals surface area (Å²) in [6.07, 6.45) is 2.61. The van der Waals surface area contributed by atoms with Crippen LogP contribution in [-0.2, 0) is 13.0 Å². The Kier molecular flexibility index (Phi) is 8.11. The number of carbonyl (C=O) groups excluding carboxylic acids is 2. The Hall–Kier alpha value is -4.24. The van der Waals surface area contributed by atoms with Gasteiger partial charge in [-0.15, -0.1) is 0 Å². The molecule has 40 heavy (non-hydrogen) atoms. The largest absolute Gasteiger partial charge is 0.336 e. The maximum atomic E-state index is 13.2. The summed E-state index contributed by atoms with van der Waals surface area (Å²) in [5, 5.41) is 5.79. The number of aryl methyl sites for hydroxylation is 2. The van der Waals surface area contributed by atoms with Crippen molar-refractivity contribution in [2.75, 3.05) is 38.0 Å². The van der Waals surface area contributed by atoms with E-state index in [1.165, 1.54) is 12.1 Å². The quantitative estimate of drug-likeness (QED) is 0.340. The van der Waals surface area contributed by atoms with Gasteiger partial charge < -0.3 is 15.1 Å². The van der Waals surface area contributed by atoms with Crippen LogP contribution in [0.1, 0.15) is 41.0 Å². The SMILES string of the molecule is CCc1nc2c(C)cc(-c3ccc(C(=O)N4CCN(CC)CC4)cc3)cn2c1NC(=O)NCc1ccc(F)cc1. The van der Waals surface area contributed by atoms with Crippen LogP contribution in [0.4, 0.5) is 15.0 Å². The monoisotopic (exact) mass is 542 g/mol. The van der Waals surface area contributed by atoms with Gasteiger partial charge in [-0.2, -0.15) is 0 Å². The highest BCUT2D eigenvalue weighted by Crippen LogP contribution is 2.28. The van der Waals surface area contributed by atoms with Crippen LogP contribution in [0, 0.1) is 12.7 Å². The molecule has 2 aromatic heterocycles. The van der Waals surface area contributed by atoms with E-state index in [0.717, 1.165) is 66.3 Å². The summed E-state index contributed by atoms with van der Waals surface area (Å²) in [7, 11) is 0. The third-order valence-corrected chi connectivity index (χ3v) is 7.48. The van der Waals surface area contributed by atoms with Crippen molar-refractivity contribution in [1.29, 1.82) is 0 Å². The summed E-state index contributed by atoms with van der Waals surface area (Å²) in [6, 6.07) is 15.4. The van der Waals surface area contributed by atoms with E-state index in [2.05, 4.69) is 28.5 Å². The topological polar surface area (TPSA) is 82.0 Å². The van der Waals surface area contributed by atoms with Crippen molar-refractivity contribution in [3.05, 3.63) is 89.0 Å². The molecule has 3 amide bonds. The van der Waals surface area contributed by atoms with E-state index >= 15 is 0 Å². The molecular weight excluding hydrogens is 507 g/mol. The summed E-state index contributed by atoms with van der Waals surface area (Å²) in [4.78, 5) is 34.9. The minimum atomic E-state index is -0.369. The average molecular weight is 543 g/mol. The van der Waals surface area contributed by atoms with Gasteiger partial charge >= 0.3 is 6.03 Å². The van der Waals surface area contributed by atoms with Gasteiger partial charge in [-0.25, -0.2) is 14.2 Å². The molecule has 1 saturated heterocycles. The van der Waals surface area contributed by atoms with Crippen LogP contribution in [0.25, 0.3) is 16.8 Å². The fourth-order valence-electron chi connectivity index (χ4n) is 5.09. The molecule has 0 aliphatic carbocycles. The molecule has 0 spiro atoms. The fourth-order valence-corrected chi connectivity index (χ4v) is 5.09. The highest BCUT2D eigenvalue weighted by molar-refractivity contribution is 5.95. The lowest BCUT2D eigenvalue weighted by Gasteiger charge is -2.34. The normalized spacial score (nSPS) is 13.9. The van der Waals surface area contributed by atoms with Crippen LogP contribution in [0.3, 0.4) is 0 Å². The lowest BCUT2D eigenvalue weighted by molar-refractivity contribution is 0.0643.